The summed E-state index contributed by atoms with van der Waals surface area (Å²) in [5, 5.41) is 15.9. The Balaban J connectivity index is 1.39. The van der Waals surface area contributed by atoms with E-state index in [0.29, 0.717) is 23.9 Å². The average molecular weight is 402 g/mol. The van der Waals surface area contributed by atoms with E-state index < -0.39 is 11.9 Å². The standard InChI is InChI=1S/C24H26N4O2/c25-14-21(28-24(30)22-17-8-10-20(27-22)11-9-17)12-15-4-6-16(7-5-15)18-2-1-3-19(13-18)23(26)29/h1-7,13,17,20-22,27H,8-12H2,(H2,26,29)(H,28,30)/t17?,20?,21-,22-/m0/s1. The zero-order valence-corrected chi connectivity index (χ0v) is 16.8. The van der Waals surface area contributed by atoms with E-state index in [2.05, 4.69) is 16.7 Å². The number of primary amides is 1. The van der Waals surface area contributed by atoms with E-state index >= 15 is 0 Å². The van der Waals surface area contributed by atoms with Gasteiger partial charge in [-0.25, -0.2) is 0 Å². The highest BCUT2D eigenvalue weighted by Gasteiger charge is 2.39. The Kier molecular flexibility index (Phi) is 5.82. The Morgan fingerprint density at radius 2 is 1.83 bits per heavy atom. The van der Waals surface area contributed by atoms with E-state index in [0.717, 1.165) is 42.4 Å². The molecule has 0 spiro atoms. The van der Waals surface area contributed by atoms with E-state index in [4.69, 9.17) is 5.73 Å². The molecule has 3 fully saturated rings. The van der Waals surface area contributed by atoms with Gasteiger partial charge in [-0.05, 0) is 60.4 Å². The zero-order chi connectivity index (χ0) is 21.1. The molecule has 1 saturated carbocycles. The smallest absolute Gasteiger partial charge is 0.248 e. The van der Waals surface area contributed by atoms with Crippen molar-refractivity contribution in [2.75, 3.05) is 0 Å². The van der Waals surface area contributed by atoms with E-state index in [-0.39, 0.29) is 11.9 Å². The van der Waals surface area contributed by atoms with Crippen LogP contribution in [0.25, 0.3) is 11.1 Å². The minimum Gasteiger partial charge on any atom is -0.366 e. The van der Waals surface area contributed by atoms with Crippen molar-refractivity contribution < 1.29 is 9.59 Å². The maximum absolute atomic E-state index is 12.7. The third kappa shape index (κ3) is 4.37. The zero-order valence-electron chi connectivity index (χ0n) is 16.8. The number of carbonyl (C=O) groups excluding carboxylic acids is 2. The molecule has 0 radical (unpaired) electrons. The molecule has 2 amide bonds. The molecule has 5 rings (SSSR count). The average Bonchev–Trinajstić information content (AvgIpc) is 2.79. The number of piperidine rings is 2. The quantitative estimate of drug-likeness (QED) is 0.690. The lowest BCUT2D eigenvalue weighted by atomic mass is 9.76. The number of nitrogens with two attached hydrogens (primary N) is 1. The summed E-state index contributed by atoms with van der Waals surface area (Å²) in [6.45, 7) is 0. The van der Waals surface area contributed by atoms with Gasteiger partial charge >= 0.3 is 0 Å². The molecular weight excluding hydrogens is 376 g/mol. The molecule has 1 aliphatic carbocycles. The Morgan fingerprint density at radius 1 is 1.10 bits per heavy atom. The molecule has 0 unspecified atom stereocenters. The van der Waals surface area contributed by atoms with Crippen LogP contribution in [0.15, 0.2) is 48.5 Å². The number of amides is 2. The number of nitrogens with one attached hydrogen (secondary N) is 2. The van der Waals surface area contributed by atoms with Crippen LogP contribution >= 0.6 is 0 Å². The summed E-state index contributed by atoms with van der Waals surface area (Å²) >= 11 is 0. The Bertz CT molecular complexity index is 971. The van der Waals surface area contributed by atoms with Crippen molar-refractivity contribution in [2.45, 2.75) is 50.2 Å². The molecule has 2 aromatic rings. The first-order valence-corrected chi connectivity index (χ1v) is 10.5. The number of nitrogens with zero attached hydrogens (tertiary/aromatic N) is 1. The van der Waals surface area contributed by atoms with Gasteiger partial charge in [0.05, 0.1) is 12.1 Å². The SMILES string of the molecule is N#C[C@H](Cc1ccc(-c2cccc(C(N)=O)c2)cc1)NC(=O)[C@H]1NC2CCC1CC2. The summed E-state index contributed by atoms with van der Waals surface area (Å²) in [4.78, 5) is 24.1. The second-order valence-corrected chi connectivity index (χ2v) is 8.29. The van der Waals surface area contributed by atoms with Crippen LogP contribution in [-0.2, 0) is 11.2 Å². The fraction of sp³-hybridized carbons (Fsp3) is 0.375. The lowest BCUT2D eigenvalue weighted by molar-refractivity contribution is -0.127. The third-order valence-electron chi connectivity index (χ3n) is 6.29. The molecule has 154 valence electrons. The molecule has 2 saturated heterocycles. The van der Waals surface area contributed by atoms with Gasteiger partial charge in [0.1, 0.15) is 6.04 Å². The van der Waals surface area contributed by atoms with Gasteiger partial charge < -0.3 is 16.4 Å². The molecule has 2 heterocycles. The van der Waals surface area contributed by atoms with Crippen molar-refractivity contribution in [3.63, 3.8) is 0 Å². The van der Waals surface area contributed by atoms with Crippen LogP contribution in [0.4, 0.5) is 0 Å². The van der Waals surface area contributed by atoms with Gasteiger partial charge in [0.25, 0.3) is 0 Å². The number of hydrogen-bond donors (Lipinski definition) is 3. The molecule has 2 aliphatic heterocycles. The normalized spacial score (nSPS) is 23.4. The van der Waals surface area contributed by atoms with Crippen LogP contribution in [0.1, 0.15) is 41.6 Å². The van der Waals surface area contributed by atoms with E-state index in [9.17, 15) is 14.9 Å². The van der Waals surface area contributed by atoms with Crippen LogP contribution < -0.4 is 16.4 Å². The fourth-order valence-corrected chi connectivity index (χ4v) is 4.61. The van der Waals surface area contributed by atoms with E-state index in [1.165, 1.54) is 0 Å². The van der Waals surface area contributed by atoms with Gasteiger partial charge in [-0.2, -0.15) is 5.26 Å². The molecule has 0 aromatic heterocycles. The first-order chi connectivity index (χ1) is 14.5. The largest absolute Gasteiger partial charge is 0.366 e. The van der Waals surface area contributed by atoms with Crippen molar-refractivity contribution in [3.05, 3.63) is 59.7 Å². The lowest BCUT2D eigenvalue weighted by Crippen LogP contribution is -2.59. The van der Waals surface area contributed by atoms with Gasteiger partial charge in [0.15, 0.2) is 0 Å². The van der Waals surface area contributed by atoms with Crippen LogP contribution in [0, 0.1) is 17.2 Å². The molecule has 6 nitrogen and oxygen atoms in total. The summed E-state index contributed by atoms with van der Waals surface area (Å²) < 4.78 is 0. The predicted molar refractivity (Wildman–Crippen MR) is 114 cm³/mol. The number of carbonyl (C=O) groups is 2. The number of rotatable bonds is 6. The van der Waals surface area contributed by atoms with Crippen LogP contribution in [0.3, 0.4) is 0 Å². The molecular formula is C24H26N4O2. The topological polar surface area (TPSA) is 108 Å². The fourth-order valence-electron chi connectivity index (χ4n) is 4.61. The Morgan fingerprint density at radius 3 is 2.43 bits per heavy atom. The molecule has 3 aliphatic rings. The monoisotopic (exact) mass is 402 g/mol. The van der Waals surface area contributed by atoms with Crippen LogP contribution in [0.5, 0.6) is 0 Å². The second-order valence-electron chi connectivity index (χ2n) is 8.29. The number of nitriles is 1. The third-order valence-corrected chi connectivity index (χ3v) is 6.29. The van der Waals surface area contributed by atoms with Crippen LogP contribution in [-0.4, -0.2) is 29.9 Å². The van der Waals surface area contributed by atoms with Crippen molar-refractivity contribution in [3.8, 4) is 17.2 Å². The molecule has 6 heteroatoms. The van der Waals surface area contributed by atoms with Crippen LogP contribution in [0.2, 0.25) is 0 Å². The van der Waals surface area contributed by atoms with Gasteiger partial charge in [0.2, 0.25) is 11.8 Å². The van der Waals surface area contributed by atoms with Crippen molar-refractivity contribution in [1.82, 2.24) is 10.6 Å². The molecule has 2 aromatic carbocycles. The minimum atomic E-state index is -0.566. The Hall–Kier alpha value is -3.17. The molecule has 30 heavy (non-hydrogen) atoms. The Labute approximate surface area is 176 Å². The number of hydrogen-bond acceptors (Lipinski definition) is 4. The van der Waals surface area contributed by atoms with Gasteiger partial charge in [0, 0.05) is 18.0 Å². The number of fused-ring (bicyclic) bond motifs is 3. The lowest BCUT2D eigenvalue weighted by Gasteiger charge is -2.42. The molecule has 4 N–H and O–H groups in total. The molecule has 2 bridgehead atoms. The summed E-state index contributed by atoms with van der Waals surface area (Å²) in [6.07, 6.45) is 4.91. The van der Waals surface area contributed by atoms with E-state index in [1.54, 1.807) is 18.2 Å². The minimum absolute atomic E-state index is 0.0594. The maximum Gasteiger partial charge on any atom is 0.248 e. The molecule has 2 atom stereocenters. The summed E-state index contributed by atoms with van der Waals surface area (Å²) in [5.74, 6) is -0.137. The summed E-state index contributed by atoms with van der Waals surface area (Å²) in [7, 11) is 0. The van der Waals surface area contributed by atoms with Gasteiger partial charge in [-0.15, -0.1) is 0 Å². The first-order valence-electron chi connectivity index (χ1n) is 10.5. The van der Waals surface area contributed by atoms with E-state index in [1.807, 2.05) is 30.3 Å². The predicted octanol–water partition coefficient (Wildman–Crippen LogP) is 2.53. The summed E-state index contributed by atoms with van der Waals surface area (Å²) in [5.41, 5.74) is 8.66. The van der Waals surface area contributed by atoms with Crippen molar-refractivity contribution in [2.24, 2.45) is 11.7 Å². The summed E-state index contributed by atoms with van der Waals surface area (Å²) in [6, 6.07) is 16.9. The second kappa shape index (κ2) is 8.68. The van der Waals surface area contributed by atoms with Crippen molar-refractivity contribution in [1.29, 1.82) is 5.26 Å². The number of benzene rings is 2. The highest BCUT2D eigenvalue weighted by Crippen LogP contribution is 2.33. The van der Waals surface area contributed by atoms with Gasteiger partial charge in [-0.3, -0.25) is 9.59 Å². The highest BCUT2D eigenvalue weighted by atomic mass is 16.2. The first kappa shape index (κ1) is 20.1. The highest BCUT2D eigenvalue weighted by molar-refractivity contribution is 5.94. The maximum atomic E-state index is 12.7. The van der Waals surface area contributed by atoms with Gasteiger partial charge in [-0.1, -0.05) is 36.4 Å². The van der Waals surface area contributed by atoms with Crippen molar-refractivity contribution >= 4 is 11.8 Å².